The number of nitrogens with one attached hydrogen (secondary N) is 1. The van der Waals surface area contributed by atoms with Crippen molar-refractivity contribution in [3.8, 4) is 11.1 Å². The SMILES string of the molecule is O=C(NC[C@@H]1C[C@@H]1C(=O)N1CCC2(CC1)CC2C(=O)O)OCC1c2ccccc2-c2ccccc21. The highest BCUT2D eigenvalue weighted by Gasteiger charge is 2.59. The summed E-state index contributed by atoms with van der Waals surface area (Å²) in [5, 5.41) is 12.1. The highest BCUT2D eigenvalue weighted by molar-refractivity contribution is 5.82. The fourth-order valence-corrected chi connectivity index (χ4v) is 6.30. The number of rotatable bonds is 6. The van der Waals surface area contributed by atoms with Crippen molar-refractivity contribution in [3.05, 3.63) is 59.7 Å². The molecule has 1 aliphatic heterocycles. The molecule has 35 heavy (non-hydrogen) atoms. The first-order valence-electron chi connectivity index (χ1n) is 12.6. The lowest BCUT2D eigenvalue weighted by atomic mass is 9.90. The van der Waals surface area contributed by atoms with E-state index >= 15 is 0 Å². The topological polar surface area (TPSA) is 95.9 Å². The van der Waals surface area contributed by atoms with Crippen LogP contribution in [0.25, 0.3) is 11.1 Å². The summed E-state index contributed by atoms with van der Waals surface area (Å²) in [5.41, 5.74) is 4.68. The summed E-state index contributed by atoms with van der Waals surface area (Å²) in [4.78, 5) is 38.4. The average Bonchev–Trinajstić information content (AvgIpc) is 3.78. The maximum Gasteiger partial charge on any atom is 0.407 e. The predicted octanol–water partition coefficient (Wildman–Crippen LogP) is 3.87. The van der Waals surface area contributed by atoms with E-state index in [0.717, 1.165) is 25.7 Å². The van der Waals surface area contributed by atoms with Crippen LogP contribution in [-0.2, 0) is 14.3 Å². The Morgan fingerprint density at radius 3 is 2.23 bits per heavy atom. The Morgan fingerprint density at radius 1 is 1.00 bits per heavy atom. The molecular weight excluding hydrogens is 444 g/mol. The van der Waals surface area contributed by atoms with Crippen molar-refractivity contribution in [3.63, 3.8) is 0 Å². The van der Waals surface area contributed by atoms with Gasteiger partial charge in [0, 0.05) is 31.5 Å². The van der Waals surface area contributed by atoms with Crippen LogP contribution in [-0.4, -0.2) is 54.2 Å². The first-order chi connectivity index (χ1) is 17.0. The molecule has 3 fully saturated rings. The number of nitrogens with zero attached hydrogens (tertiary/aromatic N) is 1. The van der Waals surface area contributed by atoms with Gasteiger partial charge in [0.05, 0.1) is 5.92 Å². The van der Waals surface area contributed by atoms with Crippen LogP contribution in [0.1, 0.15) is 42.7 Å². The van der Waals surface area contributed by atoms with Crippen LogP contribution in [0.4, 0.5) is 4.79 Å². The molecule has 2 aromatic rings. The van der Waals surface area contributed by atoms with Gasteiger partial charge in [0.25, 0.3) is 0 Å². The number of hydrogen-bond donors (Lipinski definition) is 2. The molecule has 7 heteroatoms. The minimum absolute atomic E-state index is 0.0259. The fourth-order valence-electron chi connectivity index (χ4n) is 6.30. The number of carbonyl (C=O) groups excluding carboxylic acids is 2. The second kappa shape index (κ2) is 8.40. The predicted molar refractivity (Wildman–Crippen MR) is 129 cm³/mol. The molecule has 182 valence electrons. The quantitative estimate of drug-likeness (QED) is 0.663. The molecule has 0 radical (unpaired) electrons. The lowest BCUT2D eigenvalue weighted by molar-refractivity contribution is -0.140. The maximum atomic E-state index is 12.9. The van der Waals surface area contributed by atoms with Crippen LogP contribution in [0.5, 0.6) is 0 Å². The third-order valence-electron chi connectivity index (χ3n) is 8.65. The monoisotopic (exact) mass is 474 g/mol. The number of benzene rings is 2. The van der Waals surface area contributed by atoms with Gasteiger partial charge in [0.15, 0.2) is 0 Å². The molecule has 7 nitrogen and oxygen atoms in total. The molecule has 1 heterocycles. The van der Waals surface area contributed by atoms with Crippen LogP contribution in [0, 0.1) is 23.2 Å². The Balaban J connectivity index is 0.960. The first-order valence-corrected chi connectivity index (χ1v) is 12.6. The second-order valence-corrected chi connectivity index (χ2v) is 10.6. The Labute approximate surface area is 204 Å². The first kappa shape index (κ1) is 22.1. The zero-order chi connectivity index (χ0) is 24.2. The summed E-state index contributed by atoms with van der Waals surface area (Å²) in [5.74, 6) is -0.662. The van der Waals surface area contributed by atoms with Gasteiger partial charge in [0.1, 0.15) is 6.61 Å². The lowest BCUT2D eigenvalue weighted by Crippen LogP contribution is -2.41. The number of ether oxygens (including phenoxy) is 1. The molecule has 2 saturated carbocycles. The maximum absolute atomic E-state index is 12.9. The van der Waals surface area contributed by atoms with Gasteiger partial charge in [-0.1, -0.05) is 48.5 Å². The van der Waals surface area contributed by atoms with E-state index in [1.54, 1.807) is 0 Å². The smallest absolute Gasteiger partial charge is 0.407 e. The van der Waals surface area contributed by atoms with Gasteiger partial charge in [-0.25, -0.2) is 4.79 Å². The number of fused-ring (bicyclic) bond motifs is 3. The Kier molecular flexibility index (Phi) is 5.31. The highest BCUT2D eigenvalue weighted by atomic mass is 16.5. The van der Waals surface area contributed by atoms with E-state index in [-0.39, 0.29) is 41.6 Å². The summed E-state index contributed by atoms with van der Waals surface area (Å²) in [6.45, 7) is 2.00. The molecule has 3 atom stereocenters. The molecule has 2 N–H and O–H groups in total. The summed E-state index contributed by atoms with van der Waals surface area (Å²) in [7, 11) is 0. The molecule has 2 aromatic carbocycles. The molecule has 1 spiro atoms. The normalized spacial score (nSPS) is 25.5. The summed E-state index contributed by atoms with van der Waals surface area (Å²) >= 11 is 0. The zero-order valence-electron chi connectivity index (χ0n) is 19.6. The Hall–Kier alpha value is -3.35. The minimum Gasteiger partial charge on any atom is -0.481 e. The Bertz CT molecular complexity index is 1140. The van der Waals surface area contributed by atoms with Gasteiger partial charge in [0.2, 0.25) is 5.91 Å². The standard InChI is InChI=1S/C28H30N2O5/c31-25(30-11-9-28(10-12-30)14-24(28)26(32)33)22-13-17(22)15-29-27(34)35-16-23-20-7-3-1-5-18(20)19-6-2-4-8-21(19)23/h1-8,17,22-24H,9-16H2,(H,29,34)(H,32,33)/t17-,22-,24?/m0/s1. The van der Waals surface area contributed by atoms with E-state index in [1.165, 1.54) is 22.3 Å². The lowest BCUT2D eigenvalue weighted by Gasteiger charge is -2.33. The third kappa shape index (κ3) is 3.97. The van der Waals surface area contributed by atoms with E-state index < -0.39 is 12.1 Å². The number of hydrogen-bond acceptors (Lipinski definition) is 4. The molecule has 0 aromatic heterocycles. The largest absolute Gasteiger partial charge is 0.481 e. The molecule has 6 rings (SSSR count). The Morgan fingerprint density at radius 2 is 1.63 bits per heavy atom. The van der Waals surface area contributed by atoms with E-state index in [9.17, 15) is 19.5 Å². The van der Waals surface area contributed by atoms with Crippen LogP contribution in [0.15, 0.2) is 48.5 Å². The van der Waals surface area contributed by atoms with Gasteiger partial charge >= 0.3 is 12.1 Å². The molecule has 3 aliphatic carbocycles. The van der Waals surface area contributed by atoms with E-state index in [4.69, 9.17) is 4.74 Å². The molecule has 1 saturated heterocycles. The van der Waals surface area contributed by atoms with Gasteiger partial charge in [-0.2, -0.15) is 0 Å². The fraction of sp³-hybridized carbons (Fsp3) is 0.464. The van der Waals surface area contributed by atoms with Crippen LogP contribution in [0.3, 0.4) is 0 Å². The number of carboxylic acids is 1. The van der Waals surface area contributed by atoms with E-state index in [2.05, 4.69) is 29.6 Å². The van der Waals surface area contributed by atoms with Crippen molar-refractivity contribution in [1.29, 1.82) is 0 Å². The zero-order valence-corrected chi connectivity index (χ0v) is 19.6. The van der Waals surface area contributed by atoms with Crippen molar-refractivity contribution in [1.82, 2.24) is 10.2 Å². The number of aliphatic carboxylic acids is 1. The summed E-state index contributed by atoms with van der Waals surface area (Å²) < 4.78 is 5.60. The third-order valence-corrected chi connectivity index (χ3v) is 8.65. The van der Waals surface area contributed by atoms with Gasteiger partial charge in [-0.3, -0.25) is 9.59 Å². The van der Waals surface area contributed by atoms with Crippen molar-refractivity contribution in [2.45, 2.75) is 31.6 Å². The summed E-state index contributed by atoms with van der Waals surface area (Å²) in [6, 6.07) is 16.5. The van der Waals surface area contributed by atoms with Gasteiger partial charge in [-0.05, 0) is 59.3 Å². The van der Waals surface area contributed by atoms with Crippen molar-refractivity contribution in [2.24, 2.45) is 23.2 Å². The number of piperidine rings is 1. The number of carboxylic acid groups (broad SMARTS) is 1. The average molecular weight is 475 g/mol. The van der Waals surface area contributed by atoms with Gasteiger partial charge in [-0.15, -0.1) is 0 Å². The van der Waals surface area contributed by atoms with E-state index in [0.29, 0.717) is 19.6 Å². The van der Waals surface area contributed by atoms with Crippen molar-refractivity contribution in [2.75, 3.05) is 26.2 Å². The van der Waals surface area contributed by atoms with Gasteiger partial charge < -0.3 is 20.1 Å². The molecule has 4 aliphatic rings. The van der Waals surface area contributed by atoms with Crippen LogP contribution < -0.4 is 5.32 Å². The number of amides is 2. The molecule has 1 unspecified atom stereocenters. The minimum atomic E-state index is -0.702. The van der Waals surface area contributed by atoms with Crippen molar-refractivity contribution >= 4 is 18.0 Å². The second-order valence-electron chi connectivity index (χ2n) is 10.6. The van der Waals surface area contributed by atoms with Crippen LogP contribution >= 0.6 is 0 Å². The highest BCUT2D eigenvalue weighted by Crippen LogP contribution is 2.59. The van der Waals surface area contributed by atoms with Crippen molar-refractivity contribution < 1.29 is 24.2 Å². The molecule has 2 amide bonds. The molecular formula is C28H30N2O5. The van der Waals surface area contributed by atoms with Crippen LogP contribution in [0.2, 0.25) is 0 Å². The number of carbonyl (C=O) groups is 3. The number of alkyl carbamates (subject to hydrolysis) is 1. The number of likely N-dealkylation sites (tertiary alicyclic amines) is 1. The van der Waals surface area contributed by atoms with E-state index in [1.807, 2.05) is 29.2 Å². The molecule has 0 bridgehead atoms. The summed E-state index contributed by atoms with van der Waals surface area (Å²) in [6.07, 6.45) is 2.65.